The Bertz CT molecular complexity index is 390. The summed E-state index contributed by atoms with van der Waals surface area (Å²) in [6.07, 6.45) is 8.22. The molecule has 2 aliphatic carbocycles. The maximum Gasteiger partial charge on any atom is 0.138 e. The Balaban J connectivity index is 1.65. The summed E-state index contributed by atoms with van der Waals surface area (Å²) < 4.78 is 2.07. The Labute approximate surface area is 109 Å². The summed E-state index contributed by atoms with van der Waals surface area (Å²) >= 11 is 0. The molecule has 100 valence electrons. The first-order valence-corrected chi connectivity index (χ1v) is 7.39. The Hall–Kier alpha value is -0.900. The zero-order valence-corrected chi connectivity index (χ0v) is 11.5. The van der Waals surface area contributed by atoms with Crippen LogP contribution in [0.25, 0.3) is 0 Å². The van der Waals surface area contributed by atoms with Crippen molar-refractivity contribution in [3.05, 3.63) is 12.2 Å². The summed E-state index contributed by atoms with van der Waals surface area (Å²) in [7, 11) is 2.10. The molecule has 0 amide bonds. The second-order valence-electron chi connectivity index (χ2n) is 5.83. The Kier molecular flexibility index (Phi) is 3.37. The number of nitrogens with zero attached hydrogens (tertiary/aromatic N) is 3. The monoisotopic (exact) mass is 248 g/mol. The highest BCUT2D eigenvalue weighted by Crippen LogP contribution is 2.59. The third kappa shape index (κ3) is 2.07. The van der Waals surface area contributed by atoms with Crippen LogP contribution in [0.3, 0.4) is 0 Å². The number of aromatic nitrogens is 3. The maximum absolute atomic E-state index is 4.44. The molecule has 2 fully saturated rings. The lowest BCUT2D eigenvalue weighted by molar-refractivity contribution is 0.411. The minimum absolute atomic E-state index is 0.597. The second-order valence-corrected chi connectivity index (χ2v) is 5.83. The first-order chi connectivity index (χ1) is 8.85. The minimum atomic E-state index is 0.597. The van der Waals surface area contributed by atoms with Gasteiger partial charge in [0.25, 0.3) is 0 Å². The van der Waals surface area contributed by atoms with Crippen LogP contribution in [0.4, 0.5) is 0 Å². The molecule has 1 heterocycles. The molecule has 0 aromatic carbocycles. The number of likely N-dealkylation sites (N-methyl/N-ethyl adjacent to an activating group) is 1. The molecule has 0 spiro atoms. The van der Waals surface area contributed by atoms with E-state index in [1.807, 2.05) is 0 Å². The SMILES string of the molecule is CCCn1ncnc1CC(NC)C1C2CCCC21. The third-order valence-corrected chi connectivity index (χ3v) is 4.84. The van der Waals surface area contributed by atoms with Gasteiger partial charge in [0.2, 0.25) is 0 Å². The minimum Gasteiger partial charge on any atom is -0.316 e. The number of hydrogen-bond donors (Lipinski definition) is 1. The number of nitrogens with one attached hydrogen (secondary N) is 1. The summed E-state index contributed by atoms with van der Waals surface area (Å²) in [6, 6.07) is 0.597. The van der Waals surface area contributed by atoms with Crippen LogP contribution in [0.15, 0.2) is 6.33 Å². The number of hydrogen-bond acceptors (Lipinski definition) is 3. The fourth-order valence-electron chi connectivity index (χ4n) is 3.95. The molecular weight excluding hydrogens is 224 g/mol. The predicted octanol–water partition coefficient (Wildman–Crippen LogP) is 1.86. The van der Waals surface area contributed by atoms with Crippen LogP contribution in [-0.4, -0.2) is 27.9 Å². The van der Waals surface area contributed by atoms with Crippen LogP contribution < -0.4 is 5.32 Å². The van der Waals surface area contributed by atoms with Gasteiger partial charge in [0, 0.05) is 19.0 Å². The molecule has 2 saturated carbocycles. The van der Waals surface area contributed by atoms with Crippen molar-refractivity contribution in [2.75, 3.05) is 7.05 Å². The molecule has 0 radical (unpaired) electrons. The van der Waals surface area contributed by atoms with Crippen LogP contribution in [0.1, 0.15) is 38.4 Å². The van der Waals surface area contributed by atoms with Gasteiger partial charge in [-0.25, -0.2) is 4.98 Å². The van der Waals surface area contributed by atoms with E-state index in [9.17, 15) is 0 Å². The lowest BCUT2D eigenvalue weighted by Crippen LogP contribution is -2.32. The Morgan fingerprint density at radius 2 is 2.22 bits per heavy atom. The van der Waals surface area contributed by atoms with Crippen molar-refractivity contribution in [3.63, 3.8) is 0 Å². The maximum atomic E-state index is 4.44. The van der Waals surface area contributed by atoms with Gasteiger partial charge < -0.3 is 5.32 Å². The van der Waals surface area contributed by atoms with E-state index in [2.05, 4.69) is 34.1 Å². The fraction of sp³-hybridized carbons (Fsp3) is 0.857. The summed E-state index contributed by atoms with van der Waals surface area (Å²) in [4.78, 5) is 4.44. The lowest BCUT2D eigenvalue weighted by atomic mass is 10.0. The molecule has 3 atom stereocenters. The van der Waals surface area contributed by atoms with Crippen LogP contribution in [0.5, 0.6) is 0 Å². The molecule has 0 saturated heterocycles. The average Bonchev–Trinajstić information content (AvgIpc) is 2.78. The van der Waals surface area contributed by atoms with Crippen molar-refractivity contribution in [3.8, 4) is 0 Å². The largest absolute Gasteiger partial charge is 0.316 e. The van der Waals surface area contributed by atoms with E-state index in [1.54, 1.807) is 6.33 Å². The van der Waals surface area contributed by atoms with Gasteiger partial charge in [0.15, 0.2) is 0 Å². The van der Waals surface area contributed by atoms with Crippen molar-refractivity contribution >= 4 is 0 Å². The smallest absolute Gasteiger partial charge is 0.138 e. The quantitative estimate of drug-likeness (QED) is 0.835. The molecule has 1 aromatic heterocycles. The van der Waals surface area contributed by atoms with E-state index in [1.165, 1.54) is 19.3 Å². The van der Waals surface area contributed by atoms with Crippen LogP contribution >= 0.6 is 0 Å². The zero-order chi connectivity index (χ0) is 12.5. The standard InChI is InChI=1S/C14H24N4/c1-3-7-18-13(16-9-17-18)8-12(15-2)14-10-5-4-6-11(10)14/h9-12,14-15H,3-8H2,1-2H3. The second kappa shape index (κ2) is 5.00. The Morgan fingerprint density at radius 3 is 2.89 bits per heavy atom. The van der Waals surface area contributed by atoms with Crippen LogP contribution in [0, 0.1) is 17.8 Å². The lowest BCUT2D eigenvalue weighted by Gasteiger charge is -2.18. The fourth-order valence-corrected chi connectivity index (χ4v) is 3.95. The molecule has 2 aliphatic rings. The van der Waals surface area contributed by atoms with Crippen LogP contribution in [0.2, 0.25) is 0 Å². The molecule has 4 heteroatoms. The molecule has 0 aliphatic heterocycles. The third-order valence-electron chi connectivity index (χ3n) is 4.84. The topological polar surface area (TPSA) is 42.7 Å². The zero-order valence-electron chi connectivity index (χ0n) is 11.5. The molecule has 3 unspecified atom stereocenters. The van der Waals surface area contributed by atoms with Gasteiger partial charge >= 0.3 is 0 Å². The summed E-state index contributed by atoms with van der Waals surface area (Å²) in [5.74, 6) is 4.06. The van der Waals surface area contributed by atoms with E-state index in [4.69, 9.17) is 0 Å². The van der Waals surface area contributed by atoms with Crippen LogP contribution in [-0.2, 0) is 13.0 Å². The van der Waals surface area contributed by atoms with Gasteiger partial charge in [-0.05, 0) is 44.1 Å². The predicted molar refractivity (Wildman–Crippen MR) is 71.2 cm³/mol. The average molecular weight is 248 g/mol. The van der Waals surface area contributed by atoms with Gasteiger partial charge in [-0.2, -0.15) is 5.10 Å². The van der Waals surface area contributed by atoms with Gasteiger partial charge in [-0.1, -0.05) is 13.3 Å². The Morgan fingerprint density at radius 1 is 1.44 bits per heavy atom. The van der Waals surface area contributed by atoms with Crippen molar-refractivity contribution < 1.29 is 0 Å². The normalized spacial score (nSPS) is 31.3. The van der Waals surface area contributed by atoms with Crippen molar-refractivity contribution in [2.45, 2.75) is 51.6 Å². The van der Waals surface area contributed by atoms with Gasteiger partial charge in [0.1, 0.15) is 12.2 Å². The van der Waals surface area contributed by atoms with E-state index >= 15 is 0 Å². The molecular formula is C14H24N4. The van der Waals surface area contributed by atoms with Crippen molar-refractivity contribution in [1.29, 1.82) is 0 Å². The number of fused-ring (bicyclic) bond motifs is 1. The molecule has 18 heavy (non-hydrogen) atoms. The van der Waals surface area contributed by atoms with E-state index < -0.39 is 0 Å². The van der Waals surface area contributed by atoms with Crippen molar-refractivity contribution in [2.24, 2.45) is 17.8 Å². The van der Waals surface area contributed by atoms with E-state index in [0.29, 0.717) is 6.04 Å². The molecule has 3 rings (SSSR count). The summed E-state index contributed by atoms with van der Waals surface area (Å²) in [6.45, 7) is 3.18. The molecule has 4 nitrogen and oxygen atoms in total. The molecule has 1 N–H and O–H groups in total. The van der Waals surface area contributed by atoms with Gasteiger partial charge in [-0.3, -0.25) is 4.68 Å². The molecule has 0 bridgehead atoms. The first-order valence-electron chi connectivity index (χ1n) is 7.39. The highest BCUT2D eigenvalue weighted by atomic mass is 15.3. The van der Waals surface area contributed by atoms with Crippen molar-refractivity contribution in [1.82, 2.24) is 20.1 Å². The number of aryl methyl sites for hydroxylation is 1. The van der Waals surface area contributed by atoms with E-state index in [0.717, 1.165) is 43.0 Å². The van der Waals surface area contributed by atoms with Gasteiger partial charge in [0.05, 0.1) is 0 Å². The number of rotatable bonds is 6. The first kappa shape index (κ1) is 12.2. The molecule has 1 aromatic rings. The summed E-state index contributed by atoms with van der Waals surface area (Å²) in [5.41, 5.74) is 0. The summed E-state index contributed by atoms with van der Waals surface area (Å²) in [5, 5.41) is 7.84. The van der Waals surface area contributed by atoms with Gasteiger partial charge in [-0.15, -0.1) is 0 Å². The van der Waals surface area contributed by atoms with E-state index in [-0.39, 0.29) is 0 Å². The highest BCUT2D eigenvalue weighted by Gasteiger charge is 2.55. The highest BCUT2D eigenvalue weighted by molar-refractivity contribution is 5.08.